The molecule has 1 rings (SSSR count). The van der Waals surface area contributed by atoms with Gasteiger partial charge in [0.1, 0.15) is 0 Å². The normalized spacial score (nSPS) is 18.4. The van der Waals surface area contributed by atoms with E-state index in [1.165, 1.54) is 25.8 Å². The topological polar surface area (TPSA) is 12.5 Å². The fourth-order valence-electron chi connectivity index (χ4n) is 1.84. The van der Waals surface area contributed by atoms with Crippen molar-refractivity contribution in [2.75, 3.05) is 32.7 Å². The van der Waals surface area contributed by atoms with Crippen LogP contribution in [0.1, 0.15) is 32.6 Å². The SMILES string of the molecule is COCCN(CCC(C)CCCl)C1CC1. The number of halogens is 1. The molecular formula is C12H24ClNO. The van der Waals surface area contributed by atoms with Crippen molar-refractivity contribution in [3.05, 3.63) is 0 Å². The lowest BCUT2D eigenvalue weighted by Gasteiger charge is -2.23. The second-order valence-corrected chi connectivity index (χ2v) is 5.01. The molecule has 0 spiro atoms. The smallest absolute Gasteiger partial charge is 0.0589 e. The highest BCUT2D eigenvalue weighted by Gasteiger charge is 2.28. The molecule has 1 atom stereocenters. The van der Waals surface area contributed by atoms with Crippen LogP contribution in [0, 0.1) is 5.92 Å². The second-order valence-electron chi connectivity index (χ2n) is 4.63. The molecular weight excluding hydrogens is 210 g/mol. The van der Waals surface area contributed by atoms with Crippen molar-refractivity contribution >= 4 is 11.6 Å². The van der Waals surface area contributed by atoms with Crippen LogP contribution in [0.2, 0.25) is 0 Å². The maximum Gasteiger partial charge on any atom is 0.0589 e. The predicted octanol–water partition coefficient (Wildman–Crippen LogP) is 2.75. The van der Waals surface area contributed by atoms with Gasteiger partial charge in [-0.25, -0.2) is 0 Å². The highest BCUT2D eigenvalue weighted by atomic mass is 35.5. The first-order valence-electron chi connectivity index (χ1n) is 6.07. The minimum atomic E-state index is 0.756. The Bertz CT molecular complexity index is 162. The Labute approximate surface area is 98.9 Å². The average Bonchev–Trinajstić information content (AvgIpc) is 3.02. The van der Waals surface area contributed by atoms with Crippen LogP contribution < -0.4 is 0 Å². The van der Waals surface area contributed by atoms with Crippen LogP contribution in [0.15, 0.2) is 0 Å². The van der Waals surface area contributed by atoms with Crippen molar-refractivity contribution in [1.82, 2.24) is 4.90 Å². The van der Waals surface area contributed by atoms with Crippen molar-refractivity contribution in [3.63, 3.8) is 0 Å². The minimum absolute atomic E-state index is 0.756. The molecule has 0 amide bonds. The molecule has 1 saturated carbocycles. The van der Waals surface area contributed by atoms with Gasteiger partial charge in [0.05, 0.1) is 6.61 Å². The summed E-state index contributed by atoms with van der Waals surface area (Å²) in [5.74, 6) is 1.55. The van der Waals surface area contributed by atoms with Gasteiger partial charge in [0.2, 0.25) is 0 Å². The molecule has 90 valence electrons. The van der Waals surface area contributed by atoms with Crippen LogP contribution in [0.25, 0.3) is 0 Å². The molecule has 0 radical (unpaired) electrons. The summed E-state index contributed by atoms with van der Waals surface area (Å²) in [6.45, 7) is 5.46. The molecule has 2 nitrogen and oxygen atoms in total. The van der Waals surface area contributed by atoms with Crippen molar-refractivity contribution in [2.24, 2.45) is 5.92 Å². The Morgan fingerprint density at radius 3 is 2.60 bits per heavy atom. The molecule has 0 aromatic carbocycles. The molecule has 0 aliphatic heterocycles. The fourth-order valence-corrected chi connectivity index (χ4v) is 2.21. The first-order valence-corrected chi connectivity index (χ1v) is 6.60. The number of hydrogen-bond acceptors (Lipinski definition) is 2. The lowest BCUT2D eigenvalue weighted by molar-refractivity contribution is 0.139. The first kappa shape index (κ1) is 13.3. The van der Waals surface area contributed by atoms with Gasteiger partial charge in [0.15, 0.2) is 0 Å². The lowest BCUT2D eigenvalue weighted by Crippen LogP contribution is -2.31. The van der Waals surface area contributed by atoms with Gasteiger partial charge in [-0.2, -0.15) is 0 Å². The minimum Gasteiger partial charge on any atom is -0.383 e. The van der Waals surface area contributed by atoms with Gasteiger partial charge in [-0.05, 0) is 38.1 Å². The lowest BCUT2D eigenvalue weighted by atomic mass is 10.1. The highest BCUT2D eigenvalue weighted by Crippen LogP contribution is 2.27. The number of nitrogens with zero attached hydrogens (tertiary/aromatic N) is 1. The third-order valence-corrected chi connectivity index (χ3v) is 3.38. The molecule has 15 heavy (non-hydrogen) atoms. The van der Waals surface area contributed by atoms with E-state index >= 15 is 0 Å². The van der Waals surface area contributed by atoms with Crippen LogP contribution >= 0.6 is 11.6 Å². The summed E-state index contributed by atoms with van der Waals surface area (Å²) in [7, 11) is 1.78. The first-order chi connectivity index (χ1) is 7.27. The van der Waals surface area contributed by atoms with Crippen molar-refractivity contribution < 1.29 is 4.74 Å². The Morgan fingerprint density at radius 1 is 1.33 bits per heavy atom. The third kappa shape index (κ3) is 5.74. The number of methoxy groups -OCH3 is 1. The van der Waals surface area contributed by atoms with Crippen LogP contribution in [0.4, 0.5) is 0 Å². The standard InChI is InChI=1S/C12H24ClNO/c1-11(5-7-13)6-8-14(9-10-15-2)12-3-4-12/h11-12H,3-10H2,1-2H3. The van der Waals surface area contributed by atoms with E-state index in [1.54, 1.807) is 7.11 Å². The van der Waals surface area contributed by atoms with Crippen LogP contribution in [-0.4, -0.2) is 43.6 Å². The van der Waals surface area contributed by atoms with E-state index in [9.17, 15) is 0 Å². The van der Waals surface area contributed by atoms with Crippen LogP contribution in [0.3, 0.4) is 0 Å². The number of hydrogen-bond donors (Lipinski definition) is 0. The van der Waals surface area contributed by atoms with Gasteiger partial charge in [0.25, 0.3) is 0 Å². The average molecular weight is 234 g/mol. The van der Waals surface area contributed by atoms with E-state index in [2.05, 4.69) is 11.8 Å². The van der Waals surface area contributed by atoms with E-state index in [0.717, 1.165) is 37.4 Å². The summed E-state index contributed by atoms with van der Waals surface area (Å²) in [5, 5.41) is 0. The van der Waals surface area contributed by atoms with Gasteiger partial charge in [-0.1, -0.05) is 6.92 Å². The summed E-state index contributed by atoms with van der Waals surface area (Å²) in [6.07, 6.45) is 5.18. The van der Waals surface area contributed by atoms with E-state index < -0.39 is 0 Å². The van der Waals surface area contributed by atoms with E-state index in [0.29, 0.717) is 0 Å². The predicted molar refractivity (Wildman–Crippen MR) is 65.6 cm³/mol. The largest absolute Gasteiger partial charge is 0.383 e. The fraction of sp³-hybridized carbons (Fsp3) is 1.00. The van der Waals surface area contributed by atoms with Gasteiger partial charge >= 0.3 is 0 Å². The molecule has 1 fully saturated rings. The molecule has 0 bridgehead atoms. The number of rotatable bonds is 9. The maximum atomic E-state index is 5.74. The molecule has 0 saturated heterocycles. The molecule has 0 aromatic heterocycles. The summed E-state index contributed by atoms with van der Waals surface area (Å²) in [4.78, 5) is 2.58. The number of ether oxygens (including phenoxy) is 1. The summed E-state index contributed by atoms with van der Waals surface area (Å²) in [6, 6.07) is 0.850. The van der Waals surface area contributed by atoms with Gasteiger partial charge in [-0.15, -0.1) is 11.6 Å². The molecule has 1 aliphatic rings. The zero-order valence-corrected chi connectivity index (χ0v) is 10.8. The zero-order chi connectivity index (χ0) is 11.1. The molecule has 0 aromatic rings. The van der Waals surface area contributed by atoms with Crippen molar-refractivity contribution in [3.8, 4) is 0 Å². The highest BCUT2D eigenvalue weighted by molar-refractivity contribution is 6.17. The summed E-state index contributed by atoms with van der Waals surface area (Å²) < 4.78 is 5.14. The van der Waals surface area contributed by atoms with E-state index in [4.69, 9.17) is 16.3 Å². The van der Waals surface area contributed by atoms with Crippen molar-refractivity contribution in [1.29, 1.82) is 0 Å². The second kappa shape index (κ2) is 7.48. The van der Waals surface area contributed by atoms with E-state index in [-0.39, 0.29) is 0 Å². The van der Waals surface area contributed by atoms with Gasteiger partial charge in [0, 0.05) is 25.6 Å². The quantitative estimate of drug-likeness (QED) is 0.568. The van der Waals surface area contributed by atoms with E-state index in [1.807, 2.05) is 0 Å². The summed E-state index contributed by atoms with van der Waals surface area (Å²) >= 11 is 5.74. The third-order valence-electron chi connectivity index (χ3n) is 3.16. The van der Waals surface area contributed by atoms with Crippen LogP contribution in [-0.2, 0) is 4.74 Å². The Kier molecular flexibility index (Phi) is 6.62. The Hall–Kier alpha value is 0.210. The monoisotopic (exact) mass is 233 g/mol. The van der Waals surface area contributed by atoms with Gasteiger partial charge < -0.3 is 4.74 Å². The number of alkyl halides is 1. The Morgan fingerprint density at radius 2 is 2.07 bits per heavy atom. The zero-order valence-electron chi connectivity index (χ0n) is 10.0. The molecule has 1 aliphatic carbocycles. The van der Waals surface area contributed by atoms with Crippen molar-refractivity contribution in [2.45, 2.75) is 38.6 Å². The maximum absolute atomic E-state index is 5.74. The van der Waals surface area contributed by atoms with Gasteiger partial charge in [-0.3, -0.25) is 4.90 Å². The summed E-state index contributed by atoms with van der Waals surface area (Å²) in [5.41, 5.74) is 0. The molecule has 0 heterocycles. The Balaban J connectivity index is 2.13. The molecule has 0 N–H and O–H groups in total. The van der Waals surface area contributed by atoms with Crippen LogP contribution in [0.5, 0.6) is 0 Å². The molecule has 1 unspecified atom stereocenters. The molecule has 3 heteroatoms.